The van der Waals surface area contributed by atoms with Gasteiger partial charge in [-0.2, -0.15) is 0 Å². The molecule has 41 heavy (non-hydrogen) atoms. The van der Waals surface area contributed by atoms with Crippen molar-refractivity contribution in [1.82, 2.24) is 10.2 Å². The minimum Gasteiger partial charge on any atom is -0.388 e. The van der Waals surface area contributed by atoms with Crippen LogP contribution in [-0.2, 0) is 0 Å². The summed E-state index contributed by atoms with van der Waals surface area (Å²) in [7, 11) is 1.88. The molecule has 1 atom stereocenters. The van der Waals surface area contributed by atoms with E-state index in [4.69, 9.17) is 4.99 Å². The zero-order chi connectivity index (χ0) is 30.5. The molecule has 1 saturated heterocycles. The van der Waals surface area contributed by atoms with E-state index < -0.39 is 0 Å². The lowest BCUT2D eigenvalue weighted by molar-refractivity contribution is 0.230. The molecular weight excluding hydrogens is 498 g/mol. The van der Waals surface area contributed by atoms with E-state index in [9.17, 15) is 0 Å². The summed E-state index contributed by atoms with van der Waals surface area (Å²) in [5.74, 6) is 0.866. The van der Waals surface area contributed by atoms with Gasteiger partial charge in [0.15, 0.2) is 0 Å². The monoisotopic (exact) mass is 549 g/mol. The molecule has 3 nitrogen and oxygen atoms in total. The summed E-state index contributed by atoms with van der Waals surface area (Å²) in [5, 5.41) is 3.11. The Bertz CT molecular complexity index is 1330. The molecule has 1 heterocycles. The minimum absolute atomic E-state index is 0.866. The second kappa shape index (κ2) is 16.4. The first-order valence-electron chi connectivity index (χ1n) is 14.9. The van der Waals surface area contributed by atoms with Gasteiger partial charge in [0.2, 0.25) is 0 Å². The second-order valence-electron chi connectivity index (χ2n) is 10.8. The molecule has 1 unspecified atom stereocenters. The summed E-state index contributed by atoms with van der Waals surface area (Å²) < 4.78 is 0. The van der Waals surface area contributed by atoms with E-state index in [0.717, 1.165) is 50.8 Å². The molecule has 4 rings (SSSR count). The minimum atomic E-state index is 0.866. The number of hydrogen-bond donors (Lipinski definition) is 1. The van der Waals surface area contributed by atoms with Gasteiger partial charge in [0, 0.05) is 42.7 Å². The third kappa shape index (κ3) is 9.93. The summed E-state index contributed by atoms with van der Waals surface area (Å²) >= 11 is 0. The van der Waals surface area contributed by atoms with E-state index in [2.05, 4.69) is 131 Å². The van der Waals surface area contributed by atoms with Crippen molar-refractivity contribution >= 4 is 22.7 Å². The van der Waals surface area contributed by atoms with Crippen LogP contribution < -0.4 is 5.32 Å². The van der Waals surface area contributed by atoms with Crippen LogP contribution in [0.15, 0.2) is 97.2 Å². The van der Waals surface area contributed by atoms with E-state index in [-0.39, 0.29) is 0 Å². The topological polar surface area (TPSA) is 27.6 Å². The number of piperidine rings is 1. The van der Waals surface area contributed by atoms with Crippen LogP contribution in [0.25, 0.3) is 11.3 Å². The average molecular weight is 550 g/mol. The van der Waals surface area contributed by atoms with E-state index in [1.807, 2.05) is 20.9 Å². The second-order valence-corrected chi connectivity index (χ2v) is 10.8. The Morgan fingerprint density at radius 2 is 1.37 bits per heavy atom. The van der Waals surface area contributed by atoms with Crippen LogP contribution >= 0.6 is 0 Å². The van der Waals surface area contributed by atoms with Crippen molar-refractivity contribution in [3.63, 3.8) is 0 Å². The fourth-order valence-electron chi connectivity index (χ4n) is 4.63. The maximum Gasteiger partial charge on any atom is 0.0781 e. The van der Waals surface area contributed by atoms with Gasteiger partial charge < -0.3 is 10.2 Å². The molecule has 1 aliphatic rings. The molecular formula is C38H51N3. The number of aryl methyl sites for hydroxylation is 3. The van der Waals surface area contributed by atoms with Gasteiger partial charge in [-0.1, -0.05) is 112 Å². The Morgan fingerprint density at radius 1 is 0.829 bits per heavy atom. The van der Waals surface area contributed by atoms with Crippen molar-refractivity contribution in [2.24, 2.45) is 10.9 Å². The largest absolute Gasteiger partial charge is 0.388 e. The summed E-state index contributed by atoms with van der Waals surface area (Å²) in [5.41, 5.74) is 11.5. The molecule has 1 N–H and O–H groups in total. The van der Waals surface area contributed by atoms with Crippen LogP contribution in [0, 0.1) is 26.7 Å². The Morgan fingerprint density at radius 3 is 1.85 bits per heavy atom. The molecule has 0 aromatic heterocycles. The molecule has 3 aromatic carbocycles. The molecule has 3 heteroatoms. The number of nitrogens with one attached hydrogen (secondary N) is 1. The third-order valence-electron chi connectivity index (χ3n) is 7.30. The van der Waals surface area contributed by atoms with Crippen LogP contribution in [0.5, 0.6) is 0 Å². The molecule has 0 radical (unpaired) electrons. The third-order valence-corrected chi connectivity index (χ3v) is 7.30. The highest BCUT2D eigenvalue weighted by Crippen LogP contribution is 2.28. The highest BCUT2D eigenvalue weighted by Gasteiger charge is 2.15. The Kier molecular flexibility index (Phi) is 13.4. The lowest BCUT2D eigenvalue weighted by Crippen LogP contribution is -2.32. The smallest absolute Gasteiger partial charge is 0.0781 e. The van der Waals surface area contributed by atoms with Crippen molar-refractivity contribution in [1.29, 1.82) is 0 Å². The number of likely N-dealkylation sites (tertiary alicyclic amines) is 1. The predicted molar refractivity (Wildman–Crippen MR) is 183 cm³/mol. The molecule has 0 saturated carbocycles. The number of allylic oxidation sites excluding steroid dienone is 2. The lowest BCUT2D eigenvalue weighted by Gasteiger charge is -2.32. The fraction of sp³-hybridized carbons (Fsp3) is 0.342. The first-order chi connectivity index (χ1) is 19.6. The molecule has 1 aliphatic heterocycles. The summed E-state index contributed by atoms with van der Waals surface area (Å²) in [6, 6.07) is 23.1. The molecule has 0 amide bonds. The van der Waals surface area contributed by atoms with Crippen molar-refractivity contribution in [2.45, 2.75) is 61.3 Å². The number of benzene rings is 3. The lowest BCUT2D eigenvalue weighted by atomic mass is 9.95. The van der Waals surface area contributed by atoms with Gasteiger partial charge >= 0.3 is 0 Å². The fourth-order valence-corrected chi connectivity index (χ4v) is 4.63. The van der Waals surface area contributed by atoms with Crippen LogP contribution in [-0.4, -0.2) is 30.7 Å². The van der Waals surface area contributed by atoms with Gasteiger partial charge in [0.1, 0.15) is 0 Å². The van der Waals surface area contributed by atoms with Crippen LogP contribution in [0.2, 0.25) is 0 Å². The maximum absolute atomic E-state index is 5.08. The Hall–Kier alpha value is -3.85. The van der Waals surface area contributed by atoms with E-state index in [1.54, 1.807) is 0 Å². The standard InChI is InChI=1S/C27H28N2.C9H17N.C2H6/c1-18-7-12-23(13-8-18)21(4)27(24-14-9-19(2)10-15-24)29-26-17-25(22(5)28-6)16-11-20(26)3;1-8(2)10-6-4-5-9(3)7-10;1-2/h7-17,28H,4-5H2,1-3,6H3;9H,1,4-7H2,2-3H3;1-2H3. The zero-order valence-corrected chi connectivity index (χ0v) is 26.8. The number of rotatable bonds is 7. The van der Waals surface area contributed by atoms with Gasteiger partial charge in [-0.05, 0) is 69.2 Å². The van der Waals surface area contributed by atoms with E-state index >= 15 is 0 Å². The van der Waals surface area contributed by atoms with Crippen LogP contribution in [0.4, 0.5) is 5.69 Å². The highest BCUT2D eigenvalue weighted by atomic mass is 15.1. The molecule has 1 fully saturated rings. The van der Waals surface area contributed by atoms with Gasteiger partial charge in [-0.25, -0.2) is 4.99 Å². The SMILES string of the molecule is C=C(C)N1CCCC(C)C1.C=C(NC)c1ccc(C)c(N=C(C(=C)c2ccc(C)cc2)c2ccc(C)cc2)c1.CC. The highest BCUT2D eigenvalue weighted by molar-refractivity contribution is 6.32. The number of nitrogens with zero attached hydrogens (tertiary/aromatic N) is 2. The molecule has 0 aliphatic carbocycles. The van der Waals surface area contributed by atoms with Crippen molar-refractivity contribution < 1.29 is 0 Å². The first-order valence-corrected chi connectivity index (χ1v) is 14.9. The van der Waals surface area contributed by atoms with Crippen molar-refractivity contribution in [3.05, 3.63) is 126 Å². The van der Waals surface area contributed by atoms with Crippen molar-refractivity contribution in [3.8, 4) is 0 Å². The van der Waals surface area contributed by atoms with Crippen LogP contribution in [0.1, 0.15) is 73.9 Å². The molecule has 0 bridgehead atoms. The average Bonchev–Trinajstić information content (AvgIpc) is 2.98. The van der Waals surface area contributed by atoms with Gasteiger partial charge in [0.05, 0.1) is 11.4 Å². The maximum atomic E-state index is 5.08. The summed E-state index contributed by atoms with van der Waals surface area (Å²) in [6.07, 6.45) is 2.73. The summed E-state index contributed by atoms with van der Waals surface area (Å²) in [4.78, 5) is 7.47. The van der Waals surface area contributed by atoms with Gasteiger partial charge in [-0.15, -0.1) is 0 Å². The zero-order valence-electron chi connectivity index (χ0n) is 26.8. The molecule has 0 spiro atoms. The van der Waals surface area contributed by atoms with Gasteiger partial charge in [-0.3, -0.25) is 0 Å². The number of hydrogen-bond acceptors (Lipinski definition) is 3. The Labute approximate surface area is 250 Å². The Balaban J connectivity index is 0.000000410. The van der Waals surface area contributed by atoms with E-state index in [0.29, 0.717) is 0 Å². The molecule has 218 valence electrons. The predicted octanol–water partition coefficient (Wildman–Crippen LogP) is 9.91. The quantitative estimate of drug-likeness (QED) is 0.297. The normalized spacial score (nSPS) is 14.6. The van der Waals surface area contributed by atoms with Gasteiger partial charge in [0.25, 0.3) is 0 Å². The first kappa shape index (κ1) is 33.4. The summed E-state index contributed by atoms with van der Waals surface area (Å²) in [6.45, 7) is 29.5. The molecule has 3 aromatic rings. The van der Waals surface area contributed by atoms with Crippen LogP contribution in [0.3, 0.4) is 0 Å². The van der Waals surface area contributed by atoms with Crippen molar-refractivity contribution in [2.75, 3.05) is 20.1 Å². The van der Waals surface area contributed by atoms with E-state index in [1.165, 1.54) is 42.8 Å². The number of aliphatic imine (C=N–C) groups is 1.